The molecule has 3 unspecified atom stereocenters. The van der Waals surface area contributed by atoms with Gasteiger partial charge in [0.2, 0.25) is 0 Å². The van der Waals surface area contributed by atoms with Crippen molar-refractivity contribution >= 4 is 5.97 Å². The molecule has 4 heteroatoms. The molecule has 0 aromatic rings. The van der Waals surface area contributed by atoms with Gasteiger partial charge in [0.15, 0.2) is 0 Å². The number of allylic oxidation sites excluding steroid dienone is 4. The second-order valence-corrected chi connectivity index (χ2v) is 8.21. The lowest BCUT2D eigenvalue weighted by molar-refractivity contribution is -0.134. The van der Waals surface area contributed by atoms with Gasteiger partial charge in [0.1, 0.15) is 0 Å². The Morgan fingerprint density at radius 3 is 2.32 bits per heavy atom. The van der Waals surface area contributed by atoms with Crippen LogP contribution in [0.1, 0.15) is 72.1 Å². The van der Waals surface area contributed by atoms with Crippen molar-refractivity contribution < 1.29 is 19.7 Å². The highest BCUT2D eigenvalue weighted by Crippen LogP contribution is 2.26. The van der Waals surface area contributed by atoms with Crippen LogP contribution in [0.4, 0.5) is 0 Å². The zero-order valence-corrected chi connectivity index (χ0v) is 17.9. The maximum Gasteiger partial charge on any atom is 0.333 e. The van der Waals surface area contributed by atoms with Gasteiger partial charge in [0.05, 0.1) is 24.4 Å². The van der Waals surface area contributed by atoms with E-state index in [2.05, 4.69) is 39.2 Å². The first-order valence-corrected chi connectivity index (χ1v) is 10.4. The SMILES string of the molecule is C=C(C)C(O)CCC(C)=CCCC(C)=CCCC1CCC(C(=C)C(=O)O)OC1. The Kier molecular flexibility index (Phi) is 11.1. The third kappa shape index (κ3) is 9.52. The van der Waals surface area contributed by atoms with E-state index in [1.165, 1.54) is 11.1 Å². The van der Waals surface area contributed by atoms with Crippen molar-refractivity contribution in [3.8, 4) is 0 Å². The van der Waals surface area contributed by atoms with E-state index < -0.39 is 12.1 Å². The second kappa shape index (κ2) is 12.7. The standard InChI is InChI=1S/C24H38O4/c1-17(2)22(25)14-12-19(4)9-6-8-18(3)10-7-11-21-13-15-23(28-16-21)20(5)24(26)27/h9-10,21-23,25H,1,5-8,11-16H2,2-4H3,(H,26,27). The minimum Gasteiger partial charge on any atom is -0.478 e. The van der Waals surface area contributed by atoms with E-state index in [-0.39, 0.29) is 11.7 Å². The largest absolute Gasteiger partial charge is 0.478 e. The Balaban J connectivity index is 2.22. The van der Waals surface area contributed by atoms with E-state index in [0.717, 1.165) is 56.9 Å². The van der Waals surface area contributed by atoms with Crippen LogP contribution in [-0.2, 0) is 9.53 Å². The molecule has 1 rings (SSSR count). The monoisotopic (exact) mass is 390 g/mol. The number of aliphatic carboxylic acids is 1. The first kappa shape index (κ1) is 24.4. The van der Waals surface area contributed by atoms with Crippen LogP contribution >= 0.6 is 0 Å². The molecular weight excluding hydrogens is 352 g/mol. The minimum atomic E-state index is -0.960. The molecule has 0 saturated carbocycles. The zero-order valence-electron chi connectivity index (χ0n) is 17.9. The lowest BCUT2D eigenvalue weighted by Gasteiger charge is -2.28. The number of carboxylic acids is 1. The van der Waals surface area contributed by atoms with Crippen molar-refractivity contribution in [1.82, 2.24) is 0 Å². The molecule has 0 aliphatic carbocycles. The van der Waals surface area contributed by atoms with E-state index in [1.807, 2.05) is 6.92 Å². The Labute approximate surface area is 170 Å². The van der Waals surface area contributed by atoms with Crippen molar-refractivity contribution in [2.75, 3.05) is 6.61 Å². The molecule has 1 saturated heterocycles. The lowest BCUT2D eigenvalue weighted by Crippen LogP contribution is -2.29. The number of aliphatic hydroxyl groups excluding tert-OH is 1. The Hall–Kier alpha value is -1.65. The summed E-state index contributed by atoms with van der Waals surface area (Å²) < 4.78 is 5.68. The van der Waals surface area contributed by atoms with E-state index in [1.54, 1.807) is 0 Å². The number of carboxylic acid groups (broad SMARTS) is 1. The summed E-state index contributed by atoms with van der Waals surface area (Å²) in [7, 11) is 0. The summed E-state index contributed by atoms with van der Waals surface area (Å²) in [5.74, 6) is -0.456. The highest BCUT2D eigenvalue weighted by atomic mass is 16.5. The van der Waals surface area contributed by atoms with Gasteiger partial charge in [-0.25, -0.2) is 4.79 Å². The number of hydrogen-bond donors (Lipinski definition) is 2. The fourth-order valence-corrected chi connectivity index (χ4v) is 3.37. The Morgan fingerprint density at radius 2 is 1.75 bits per heavy atom. The predicted octanol–water partition coefficient (Wildman–Crippen LogP) is 5.59. The van der Waals surface area contributed by atoms with Gasteiger partial charge in [0.25, 0.3) is 0 Å². The molecule has 3 atom stereocenters. The number of rotatable bonds is 12. The first-order chi connectivity index (χ1) is 13.2. The molecule has 0 amide bonds. The van der Waals surface area contributed by atoms with Gasteiger partial charge in [-0.2, -0.15) is 0 Å². The van der Waals surface area contributed by atoms with Crippen molar-refractivity contribution in [3.63, 3.8) is 0 Å². The number of aliphatic hydroxyl groups is 1. The second-order valence-electron chi connectivity index (χ2n) is 8.21. The summed E-state index contributed by atoms with van der Waals surface area (Å²) in [5.41, 5.74) is 3.73. The van der Waals surface area contributed by atoms with Gasteiger partial charge in [-0.05, 0) is 78.1 Å². The predicted molar refractivity (Wildman–Crippen MR) is 115 cm³/mol. The summed E-state index contributed by atoms with van der Waals surface area (Å²) in [5, 5.41) is 18.8. The summed E-state index contributed by atoms with van der Waals surface area (Å²) in [6.07, 6.45) is 11.5. The molecule has 0 aromatic carbocycles. The maximum absolute atomic E-state index is 10.9. The molecule has 0 bridgehead atoms. The molecular formula is C24H38O4. The average Bonchev–Trinajstić information content (AvgIpc) is 2.65. The molecule has 1 aliphatic rings. The Bertz CT molecular complexity index is 592. The van der Waals surface area contributed by atoms with Gasteiger partial charge < -0.3 is 14.9 Å². The third-order valence-electron chi connectivity index (χ3n) is 5.51. The average molecular weight is 391 g/mol. The van der Waals surface area contributed by atoms with Crippen molar-refractivity contribution in [3.05, 3.63) is 47.6 Å². The Morgan fingerprint density at radius 1 is 1.11 bits per heavy atom. The molecule has 0 spiro atoms. The van der Waals surface area contributed by atoms with Gasteiger partial charge in [0, 0.05) is 0 Å². The third-order valence-corrected chi connectivity index (χ3v) is 5.51. The molecule has 28 heavy (non-hydrogen) atoms. The van der Waals surface area contributed by atoms with Crippen LogP contribution in [0.25, 0.3) is 0 Å². The normalized spacial score (nSPS) is 22.0. The smallest absolute Gasteiger partial charge is 0.333 e. The number of carbonyl (C=O) groups is 1. The van der Waals surface area contributed by atoms with Crippen LogP contribution < -0.4 is 0 Å². The molecule has 4 nitrogen and oxygen atoms in total. The summed E-state index contributed by atoms with van der Waals surface area (Å²) in [6.45, 7) is 14.2. The number of hydrogen-bond acceptors (Lipinski definition) is 3. The van der Waals surface area contributed by atoms with Crippen LogP contribution in [0.15, 0.2) is 47.6 Å². The summed E-state index contributed by atoms with van der Waals surface area (Å²) in [6, 6.07) is 0. The topological polar surface area (TPSA) is 66.8 Å². The van der Waals surface area contributed by atoms with E-state index in [0.29, 0.717) is 12.5 Å². The van der Waals surface area contributed by atoms with Gasteiger partial charge in [-0.3, -0.25) is 0 Å². The van der Waals surface area contributed by atoms with E-state index in [9.17, 15) is 9.90 Å². The summed E-state index contributed by atoms with van der Waals surface area (Å²) in [4.78, 5) is 10.9. The molecule has 1 fully saturated rings. The summed E-state index contributed by atoms with van der Waals surface area (Å²) >= 11 is 0. The minimum absolute atomic E-state index is 0.173. The van der Waals surface area contributed by atoms with Crippen LogP contribution in [0.5, 0.6) is 0 Å². The lowest BCUT2D eigenvalue weighted by atomic mass is 9.91. The van der Waals surface area contributed by atoms with Crippen LogP contribution in [0, 0.1) is 5.92 Å². The molecule has 0 radical (unpaired) electrons. The zero-order chi connectivity index (χ0) is 21.1. The van der Waals surface area contributed by atoms with Gasteiger partial charge >= 0.3 is 5.97 Å². The van der Waals surface area contributed by atoms with Crippen molar-refractivity contribution in [2.45, 2.75) is 84.3 Å². The van der Waals surface area contributed by atoms with Gasteiger partial charge in [-0.15, -0.1) is 0 Å². The number of ether oxygens (including phenoxy) is 1. The van der Waals surface area contributed by atoms with Crippen LogP contribution in [0.2, 0.25) is 0 Å². The molecule has 2 N–H and O–H groups in total. The van der Waals surface area contributed by atoms with Crippen molar-refractivity contribution in [1.29, 1.82) is 0 Å². The fraction of sp³-hybridized carbons (Fsp3) is 0.625. The maximum atomic E-state index is 10.9. The van der Waals surface area contributed by atoms with Crippen LogP contribution in [0.3, 0.4) is 0 Å². The molecule has 1 aliphatic heterocycles. The molecule has 158 valence electrons. The van der Waals surface area contributed by atoms with E-state index >= 15 is 0 Å². The first-order valence-electron chi connectivity index (χ1n) is 10.4. The van der Waals surface area contributed by atoms with E-state index in [4.69, 9.17) is 9.84 Å². The molecule has 0 aromatic heterocycles. The highest BCUT2D eigenvalue weighted by molar-refractivity contribution is 5.86. The molecule has 1 heterocycles. The highest BCUT2D eigenvalue weighted by Gasteiger charge is 2.26. The fourth-order valence-electron chi connectivity index (χ4n) is 3.37. The van der Waals surface area contributed by atoms with Gasteiger partial charge in [-0.1, -0.05) is 42.0 Å². The van der Waals surface area contributed by atoms with Crippen LogP contribution in [-0.4, -0.2) is 35.0 Å². The quantitative estimate of drug-likeness (QED) is 0.336. The van der Waals surface area contributed by atoms with Crippen molar-refractivity contribution in [2.24, 2.45) is 5.92 Å².